The van der Waals surface area contributed by atoms with Gasteiger partial charge >= 0.3 is 0 Å². The van der Waals surface area contributed by atoms with Gasteiger partial charge in [-0.15, -0.1) is 0 Å². The number of benzene rings is 1. The van der Waals surface area contributed by atoms with Gasteiger partial charge < -0.3 is 5.73 Å². The minimum absolute atomic E-state index is 0.0117. The molecule has 0 aliphatic heterocycles. The van der Waals surface area contributed by atoms with E-state index in [0.29, 0.717) is 12.1 Å². The fourth-order valence-corrected chi connectivity index (χ4v) is 4.74. The Bertz CT molecular complexity index is 583. The van der Waals surface area contributed by atoms with Gasteiger partial charge in [0, 0.05) is 19.1 Å². The van der Waals surface area contributed by atoms with E-state index in [1.165, 1.54) is 16.4 Å². The minimum Gasteiger partial charge on any atom is -0.326 e. The molecule has 1 aromatic rings. The van der Waals surface area contributed by atoms with E-state index < -0.39 is 15.8 Å². The van der Waals surface area contributed by atoms with E-state index in [1.807, 2.05) is 0 Å². The molecule has 0 unspecified atom stereocenters. The Balaban J connectivity index is 2.34. The van der Waals surface area contributed by atoms with Gasteiger partial charge in [0.15, 0.2) is 0 Å². The molecule has 0 atom stereocenters. The topological polar surface area (TPSA) is 63.4 Å². The van der Waals surface area contributed by atoms with E-state index in [1.54, 1.807) is 13.0 Å². The standard InChI is InChI=1S/C15H23FN2O2S/c1-2-18(13-6-4-3-5-7-13)21(19,20)15-9-8-12(11-17)10-14(15)16/h8-10,13H,2-7,11,17H2,1H3. The minimum atomic E-state index is -3.79. The van der Waals surface area contributed by atoms with Crippen molar-refractivity contribution in [3.8, 4) is 0 Å². The molecule has 0 radical (unpaired) electrons. The summed E-state index contributed by atoms with van der Waals surface area (Å²) < 4.78 is 41.1. The number of hydrogen-bond acceptors (Lipinski definition) is 3. The number of nitrogens with two attached hydrogens (primary N) is 1. The lowest BCUT2D eigenvalue weighted by Gasteiger charge is -2.32. The van der Waals surface area contributed by atoms with Crippen LogP contribution in [0.5, 0.6) is 0 Å². The van der Waals surface area contributed by atoms with E-state index in [-0.39, 0.29) is 17.5 Å². The van der Waals surface area contributed by atoms with Crippen LogP contribution in [-0.4, -0.2) is 25.3 Å². The smallest absolute Gasteiger partial charge is 0.246 e. The predicted octanol–water partition coefficient (Wildman–Crippen LogP) is 2.63. The second-order valence-electron chi connectivity index (χ2n) is 5.47. The van der Waals surface area contributed by atoms with Crippen LogP contribution in [0.15, 0.2) is 23.1 Å². The van der Waals surface area contributed by atoms with Crippen molar-refractivity contribution in [2.75, 3.05) is 6.54 Å². The van der Waals surface area contributed by atoms with Gasteiger partial charge in [-0.05, 0) is 30.5 Å². The zero-order chi connectivity index (χ0) is 15.5. The van der Waals surface area contributed by atoms with E-state index in [4.69, 9.17) is 5.73 Å². The van der Waals surface area contributed by atoms with Gasteiger partial charge in [0.25, 0.3) is 0 Å². The molecule has 0 amide bonds. The fourth-order valence-electron chi connectivity index (χ4n) is 3.00. The summed E-state index contributed by atoms with van der Waals surface area (Å²) in [5.41, 5.74) is 6.04. The summed E-state index contributed by atoms with van der Waals surface area (Å²) in [5, 5.41) is 0. The first-order chi connectivity index (χ1) is 10.0. The number of rotatable bonds is 5. The molecule has 2 rings (SSSR count). The first-order valence-electron chi connectivity index (χ1n) is 7.51. The molecule has 2 N–H and O–H groups in total. The number of hydrogen-bond donors (Lipinski definition) is 1. The van der Waals surface area contributed by atoms with Gasteiger partial charge in [-0.1, -0.05) is 32.3 Å². The monoisotopic (exact) mass is 314 g/mol. The van der Waals surface area contributed by atoms with Crippen LogP contribution in [0.2, 0.25) is 0 Å². The zero-order valence-electron chi connectivity index (χ0n) is 12.4. The number of sulfonamides is 1. The van der Waals surface area contributed by atoms with Crippen LogP contribution in [0.25, 0.3) is 0 Å². The van der Waals surface area contributed by atoms with Crippen LogP contribution in [0.3, 0.4) is 0 Å². The normalized spacial score (nSPS) is 17.3. The molecule has 4 nitrogen and oxygen atoms in total. The lowest BCUT2D eigenvalue weighted by atomic mass is 9.95. The number of halogens is 1. The summed E-state index contributed by atoms with van der Waals surface area (Å²) in [7, 11) is -3.79. The van der Waals surface area contributed by atoms with Gasteiger partial charge in [0.1, 0.15) is 10.7 Å². The van der Waals surface area contributed by atoms with E-state index in [9.17, 15) is 12.8 Å². The second-order valence-corrected chi connectivity index (χ2v) is 7.33. The highest BCUT2D eigenvalue weighted by Gasteiger charge is 2.32. The molecule has 1 fully saturated rings. The molecule has 0 aromatic heterocycles. The average molecular weight is 314 g/mol. The third-order valence-electron chi connectivity index (χ3n) is 4.11. The maximum Gasteiger partial charge on any atom is 0.246 e. The van der Waals surface area contributed by atoms with Crippen molar-refractivity contribution >= 4 is 10.0 Å². The summed E-state index contributed by atoms with van der Waals surface area (Å²) in [4.78, 5) is -0.243. The largest absolute Gasteiger partial charge is 0.326 e. The molecular weight excluding hydrogens is 291 g/mol. The zero-order valence-corrected chi connectivity index (χ0v) is 13.2. The van der Waals surface area contributed by atoms with Crippen molar-refractivity contribution in [3.63, 3.8) is 0 Å². The third-order valence-corrected chi connectivity index (χ3v) is 6.17. The lowest BCUT2D eigenvalue weighted by molar-refractivity contribution is 0.260. The van der Waals surface area contributed by atoms with E-state index >= 15 is 0 Å². The Kier molecular flexibility index (Phi) is 5.35. The Morgan fingerprint density at radius 1 is 1.29 bits per heavy atom. The first-order valence-corrected chi connectivity index (χ1v) is 8.95. The van der Waals surface area contributed by atoms with Gasteiger partial charge in [0.05, 0.1) is 0 Å². The summed E-state index contributed by atoms with van der Waals surface area (Å²) in [6, 6.07) is 4.10. The highest BCUT2D eigenvalue weighted by atomic mass is 32.2. The predicted molar refractivity (Wildman–Crippen MR) is 80.7 cm³/mol. The van der Waals surface area contributed by atoms with Gasteiger partial charge in [-0.25, -0.2) is 12.8 Å². The Labute approximate surface area is 126 Å². The quantitative estimate of drug-likeness (QED) is 0.908. The summed E-state index contributed by atoms with van der Waals surface area (Å²) >= 11 is 0. The molecule has 0 spiro atoms. The van der Waals surface area contributed by atoms with Crippen molar-refractivity contribution in [1.82, 2.24) is 4.31 Å². The van der Waals surface area contributed by atoms with Crippen molar-refractivity contribution in [3.05, 3.63) is 29.6 Å². The molecule has 6 heteroatoms. The summed E-state index contributed by atoms with van der Waals surface area (Å²) in [6.45, 7) is 2.36. The van der Waals surface area contributed by atoms with Crippen LogP contribution in [0.4, 0.5) is 4.39 Å². The Hall–Kier alpha value is -0.980. The van der Waals surface area contributed by atoms with Crippen LogP contribution < -0.4 is 5.73 Å². The maximum atomic E-state index is 14.1. The lowest BCUT2D eigenvalue weighted by Crippen LogP contribution is -2.41. The molecule has 118 valence electrons. The maximum absolute atomic E-state index is 14.1. The van der Waals surface area contributed by atoms with Crippen molar-refractivity contribution in [1.29, 1.82) is 0 Å². The molecule has 1 saturated carbocycles. The third kappa shape index (κ3) is 3.44. The highest BCUT2D eigenvalue weighted by molar-refractivity contribution is 7.89. The Morgan fingerprint density at radius 2 is 1.95 bits per heavy atom. The molecular formula is C15H23FN2O2S. The molecule has 0 bridgehead atoms. The van der Waals surface area contributed by atoms with Crippen molar-refractivity contribution in [2.24, 2.45) is 5.73 Å². The van der Waals surface area contributed by atoms with Crippen LogP contribution >= 0.6 is 0 Å². The van der Waals surface area contributed by atoms with Gasteiger partial charge in [0.2, 0.25) is 10.0 Å². The van der Waals surface area contributed by atoms with E-state index in [0.717, 1.165) is 32.1 Å². The van der Waals surface area contributed by atoms with Crippen LogP contribution in [-0.2, 0) is 16.6 Å². The SMILES string of the molecule is CCN(C1CCCCC1)S(=O)(=O)c1ccc(CN)cc1F. The van der Waals surface area contributed by atoms with Crippen LogP contribution in [0, 0.1) is 5.82 Å². The Morgan fingerprint density at radius 3 is 2.48 bits per heavy atom. The van der Waals surface area contributed by atoms with Gasteiger partial charge in [-0.2, -0.15) is 4.31 Å². The molecule has 0 saturated heterocycles. The first kappa shape index (κ1) is 16.4. The highest BCUT2D eigenvalue weighted by Crippen LogP contribution is 2.28. The average Bonchev–Trinajstić information content (AvgIpc) is 2.48. The number of nitrogens with zero attached hydrogens (tertiary/aromatic N) is 1. The van der Waals surface area contributed by atoms with E-state index in [2.05, 4.69) is 0 Å². The van der Waals surface area contributed by atoms with Crippen LogP contribution in [0.1, 0.15) is 44.6 Å². The molecule has 0 heterocycles. The second kappa shape index (κ2) is 6.85. The summed E-state index contributed by atoms with van der Waals surface area (Å²) in [6.07, 6.45) is 4.93. The molecule has 1 aromatic carbocycles. The molecule has 1 aliphatic rings. The van der Waals surface area contributed by atoms with Crippen molar-refractivity contribution in [2.45, 2.75) is 56.5 Å². The summed E-state index contributed by atoms with van der Waals surface area (Å²) in [5.74, 6) is -0.716. The molecule has 21 heavy (non-hydrogen) atoms. The van der Waals surface area contributed by atoms with Crippen molar-refractivity contribution < 1.29 is 12.8 Å². The molecule has 1 aliphatic carbocycles. The van der Waals surface area contributed by atoms with Gasteiger partial charge in [-0.3, -0.25) is 0 Å². The fraction of sp³-hybridized carbons (Fsp3) is 0.600.